The minimum atomic E-state index is -1.08. The molecule has 1 aromatic carbocycles. The minimum absolute atomic E-state index is 0.140. The summed E-state index contributed by atoms with van der Waals surface area (Å²) in [4.78, 5) is 32.7. The van der Waals surface area contributed by atoms with E-state index in [0.29, 0.717) is 15.8 Å². The average Bonchev–Trinajstić information content (AvgIpc) is 2.66. The molecule has 1 aromatic rings. The molecule has 0 saturated carbocycles. The van der Waals surface area contributed by atoms with Gasteiger partial charge >= 0.3 is 12.0 Å². The molecular weight excluding hydrogens is 332 g/mol. The van der Waals surface area contributed by atoms with Crippen molar-refractivity contribution in [3.05, 3.63) is 33.9 Å². The van der Waals surface area contributed by atoms with Crippen molar-refractivity contribution >= 4 is 39.9 Å². The van der Waals surface area contributed by atoms with Gasteiger partial charge in [0.15, 0.2) is 6.61 Å². The second-order valence-electron chi connectivity index (χ2n) is 3.84. The van der Waals surface area contributed by atoms with E-state index in [4.69, 9.17) is 9.84 Å². The molecule has 20 heavy (non-hydrogen) atoms. The van der Waals surface area contributed by atoms with E-state index in [-0.39, 0.29) is 5.70 Å². The standard InChI is InChI=1S/C12H9BrN2O5/c13-7-3-6(1-2-9(7)20-5-10(16)17)4-8-11(18)15-12(19)14-8/h1-4H,5H2,(H,16,17)(H2,14,15,18,19)/b8-4-. The number of rotatable bonds is 4. The Bertz CT molecular complexity index is 626. The number of carboxylic acids is 1. The molecule has 0 atom stereocenters. The fourth-order valence-corrected chi connectivity index (χ4v) is 2.02. The Morgan fingerprint density at radius 2 is 2.10 bits per heavy atom. The van der Waals surface area contributed by atoms with Crippen LogP contribution in [0.5, 0.6) is 5.75 Å². The summed E-state index contributed by atoms with van der Waals surface area (Å²) in [5, 5.41) is 13.0. The summed E-state index contributed by atoms with van der Waals surface area (Å²) in [6.07, 6.45) is 1.49. The van der Waals surface area contributed by atoms with Gasteiger partial charge in [-0.3, -0.25) is 10.1 Å². The van der Waals surface area contributed by atoms with Crippen molar-refractivity contribution in [3.63, 3.8) is 0 Å². The van der Waals surface area contributed by atoms with E-state index in [9.17, 15) is 14.4 Å². The van der Waals surface area contributed by atoms with E-state index in [1.165, 1.54) is 6.08 Å². The normalized spacial score (nSPS) is 15.9. The number of aliphatic carboxylic acids is 1. The van der Waals surface area contributed by atoms with Crippen molar-refractivity contribution in [2.24, 2.45) is 0 Å². The zero-order chi connectivity index (χ0) is 14.7. The minimum Gasteiger partial charge on any atom is -0.481 e. The molecule has 8 heteroatoms. The van der Waals surface area contributed by atoms with Crippen LogP contribution in [0.2, 0.25) is 0 Å². The smallest absolute Gasteiger partial charge is 0.341 e. The van der Waals surface area contributed by atoms with Crippen LogP contribution in [0.4, 0.5) is 4.79 Å². The van der Waals surface area contributed by atoms with Gasteiger partial charge in [0.05, 0.1) is 4.47 Å². The monoisotopic (exact) mass is 340 g/mol. The van der Waals surface area contributed by atoms with Crippen LogP contribution >= 0.6 is 15.9 Å². The molecule has 0 bridgehead atoms. The highest BCUT2D eigenvalue weighted by molar-refractivity contribution is 9.10. The fourth-order valence-electron chi connectivity index (χ4n) is 1.51. The molecule has 0 spiro atoms. The van der Waals surface area contributed by atoms with Crippen LogP contribution in [-0.4, -0.2) is 29.6 Å². The van der Waals surface area contributed by atoms with Gasteiger partial charge in [0.2, 0.25) is 0 Å². The Balaban J connectivity index is 2.17. The molecule has 3 amide bonds. The van der Waals surface area contributed by atoms with Gasteiger partial charge in [-0.15, -0.1) is 0 Å². The Kier molecular flexibility index (Phi) is 4.04. The highest BCUT2D eigenvalue weighted by Crippen LogP contribution is 2.27. The maximum absolute atomic E-state index is 11.4. The Morgan fingerprint density at radius 3 is 2.65 bits per heavy atom. The molecule has 0 aliphatic carbocycles. The molecule has 7 nitrogen and oxygen atoms in total. The van der Waals surface area contributed by atoms with Gasteiger partial charge in [-0.2, -0.15) is 0 Å². The van der Waals surface area contributed by atoms with E-state index >= 15 is 0 Å². The third-order valence-corrected chi connectivity index (χ3v) is 2.96. The lowest BCUT2D eigenvalue weighted by Gasteiger charge is -2.06. The van der Waals surface area contributed by atoms with Crippen molar-refractivity contribution < 1.29 is 24.2 Å². The summed E-state index contributed by atoms with van der Waals surface area (Å²) in [7, 11) is 0. The molecule has 0 aromatic heterocycles. The summed E-state index contributed by atoms with van der Waals surface area (Å²) in [5.74, 6) is -1.21. The number of carbonyl (C=O) groups is 3. The van der Waals surface area contributed by atoms with Crippen LogP contribution < -0.4 is 15.4 Å². The number of ether oxygens (including phenoxy) is 1. The molecular formula is C12H9BrN2O5. The quantitative estimate of drug-likeness (QED) is 0.562. The predicted molar refractivity (Wildman–Crippen MR) is 71.9 cm³/mol. The number of imide groups is 1. The highest BCUT2D eigenvalue weighted by Gasteiger charge is 2.22. The fraction of sp³-hybridized carbons (Fsp3) is 0.0833. The van der Waals surface area contributed by atoms with Crippen LogP contribution in [-0.2, 0) is 9.59 Å². The molecule has 1 saturated heterocycles. The first-order valence-corrected chi connectivity index (χ1v) is 6.23. The van der Waals surface area contributed by atoms with E-state index < -0.39 is 24.5 Å². The number of hydrogen-bond donors (Lipinski definition) is 3. The number of nitrogens with one attached hydrogen (secondary N) is 2. The van der Waals surface area contributed by atoms with Gasteiger partial charge in [-0.25, -0.2) is 9.59 Å². The highest BCUT2D eigenvalue weighted by atomic mass is 79.9. The molecule has 104 valence electrons. The largest absolute Gasteiger partial charge is 0.481 e. The van der Waals surface area contributed by atoms with Gasteiger partial charge in [0.25, 0.3) is 5.91 Å². The first kappa shape index (κ1) is 14.1. The van der Waals surface area contributed by atoms with Crippen LogP contribution in [0.25, 0.3) is 6.08 Å². The van der Waals surface area contributed by atoms with Crippen molar-refractivity contribution in [1.29, 1.82) is 0 Å². The first-order valence-electron chi connectivity index (χ1n) is 5.44. The second-order valence-corrected chi connectivity index (χ2v) is 4.69. The number of benzene rings is 1. The van der Waals surface area contributed by atoms with E-state index in [1.807, 2.05) is 0 Å². The Hall–Kier alpha value is -2.35. The van der Waals surface area contributed by atoms with Gasteiger partial charge in [-0.1, -0.05) is 6.07 Å². The van der Waals surface area contributed by atoms with Crippen molar-refractivity contribution in [1.82, 2.24) is 10.6 Å². The third-order valence-electron chi connectivity index (χ3n) is 2.34. The van der Waals surface area contributed by atoms with Gasteiger partial charge < -0.3 is 15.2 Å². The molecule has 1 aliphatic rings. The first-order chi connectivity index (χ1) is 9.45. The molecule has 2 rings (SSSR count). The molecule has 0 radical (unpaired) electrons. The predicted octanol–water partition coefficient (Wildman–Crippen LogP) is 1.09. The second kappa shape index (κ2) is 5.74. The lowest BCUT2D eigenvalue weighted by atomic mass is 10.2. The SMILES string of the molecule is O=C(O)COc1ccc(/C=C2\NC(=O)NC2=O)cc1Br. The summed E-state index contributed by atoms with van der Waals surface area (Å²) in [5.41, 5.74) is 0.785. The molecule has 0 unspecified atom stereocenters. The Labute approximate surface area is 121 Å². The zero-order valence-electron chi connectivity index (χ0n) is 9.97. The number of amides is 3. The van der Waals surface area contributed by atoms with Crippen molar-refractivity contribution in [3.8, 4) is 5.75 Å². The summed E-state index contributed by atoms with van der Waals surface area (Å²) < 4.78 is 5.58. The van der Waals surface area contributed by atoms with Crippen LogP contribution in [0, 0.1) is 0 Å². The maximum atomic E-state index is 11.4. The average molecular weight is 341 g/mol. The van der Waals surface area contributed by atoms with Crippen LogP contribution in [0.15, 0.2) is 28.4 Å². The van der Waals surface area contributed by atoms with Gasteiger partial charge in [-0.05, 0) is 39.7 Å². The third kappa shape index (κ3) is 3.35. The lowest BCUT2D eigenvalue weighted by Crippen LogP contribution is -2.22. The molecule has 1 fully saturated rings. The van der Waals surface area contributed by atoms with Crippen molar-refractivity contribution in [2.75, 3.05) is 6.61 Å². The zero-order valence-corrected chi connectivity index (χ0v) is 11.6. The number of carboxylic acid groups (broad SMARTS) is 1. The Morgan fingerprint density at radius 1 is 1.35 bits per heavy atom. The van der Waals surface area contributed by atoms with E-state index in [0.717, 1.165) is 0 Å². The van der Waals surface area contributed by atoms with Gasteiger partial charge in [0.1, 0.15) is 11.4 Å². The van der Waals surface area contributed by atoms with Crippen LogP contribution in [0.3, 0.4) is 0 Å². The summed E-state index contributed by atoms with van der Waals surface area (Å²) >= 11 is 3.24. The van der Waals surface area contributed by atoms with Gasteiger partial charge in [0, 0.05) is 0 Å². The molecule has 3 N–H and O–H groups in total. The molecule has 1 aliphatic heterocycles. The summed E-state index contributed by atoms with van der Waals surface area (Å²) in [6, 6.07) is 4.27. The number of carbonyl (C=O) groups excluding carboxylic acids is 2. The number of halogens is 1. The maximum Gasteiger partial charge on any atom is 0.341 e. The topological polar surface area (TPSA) is 105 Å². The number of urea groups is 1. The molecule has 1 heterocycles. The lowest BCUT2D eigenvalue weighted by molar-refractivity contribution is -0.139. The van der Waals surface area contributed by atoms with Crippen molar-refractivity contribution in [2.45, 2.75) is 0 Å². The number of hydrogen-bond acceptors (Lipinski definition) is 4. The van der Waals surface area contributed by atoms with Crippen LogP contribution in [0.1, 0.15) is 5.56 Å². The van der Waals surface area contributed by atoms with E-state index in [1.54, 1.807) is 18.2 Å². The van der Waals surface area contributed by atoms with E-state index in [2.05, 4.69) is 26.6 Å². The summed E-state index contributed by atoms with van der Waals surface area (Å²) in [6.45, 7) is -0.447.